The maximum atomic E-state index is 9.23. The molecule has 0 aliphatic carbocycles. The molecule has 1 rings (SSSR count). The summed E-state index contributed by atoms with van der Waals surface area (Å²) < 4.78 is 63.2. The number of hydrogen-bond acceptors (Lipinski definition) is 9. The average molecular weight is 396 g/mol. The van der Waals surface area contributed by atoms with Gasteiger partial charge in [-0.05, 0) is 11.1 Å². The van der Waals surface area contributed by atoms with Gasteiger partial charge in [0.2, 0.25) is 0 Å². The number of aliphatic hydroxyl groups is 3. The number of aliphatic hydroxyl groups excluding tert-OH is 2. The van der Waals surface area contributed by atoms with E-state index >= 15 is 0 Å². The minimum atomic E-state index is -4.67. The van der Waals surface area contributed by atoms with E-state index in [0.29, 0.717) is 12.1 Å². The Morgan fingerprint density at radius 3 is 1.33 bits per heavy atom. The van der Waals surface area contributed by atoms with Crippen LogP contribution < -0.4 is 11.9 Å². The van der Waals surface area contributed by atoms with Gasteiger partial charge in [-0.3, -0.25) is 18.2 Å². The largest absolute Gasteiger partial charge is 0.394 e. The lowest BCUT2D eigenvalue weighted by atomic mass is 10.1. The third kappa shape index (κ3) is 23.0. The number of nitrogens with two attached hydrogens (primary N) is 1. The molecule has 0 amide bonds. The van der Waals surface area contributed by atoms with Crippen molar-refractivity contribution < 1.29 is 50.4 Å². The van der Waals surface area contributed by atoms with Crippen molar-refractivity contribution in [1.82, 2.24) is 6.15 Å². The van der Waals surface area contributed by atoms with E-state index < -0.39 is 33.2 Å². The van der Waals surface area contributed by atoms with Crippen molar-refractivity contribution in [2.75, 3.05) is 0 Å². The molecule has 144 valence electrons. The van der Waals surface area contributed by atoms with Gasteiger partial charge in [0.1, 0.15) is 6.10 Å². The minimum absolute atomic E-state index is 0. The zero-order chi connectivity index (χ0) is 18.8. The molecule has 0 saturated carbocycles. The molecule has 0 heterocycles. The molecule has 0 bridgehead atoms. The first-order valence-electron chi connectivity index (χ1n) is 5.38. The molecule has 0 aliphatic heterocycles. The average Bonchev–Trinajstić information content (AvgIpc) is 2.34. The van der Waals surface area contributed by atoms with Gasteiger partial charge >= 0.3 is 20.8 Å². The number of hydrogen-bond donors (Lipinski definition) is 9. The van der Waals surface area contributed by atoms with Gasteiger partial charge in [0.05, 0.1) is 0 Å². The summed E-state index contributed by atoms with van der Waals surface area (Å²) in [6.45, 7) is 0.429. The molecule has 1 aromatic rings. The van der Waals surface area contributed by atoms with E-state index in [0.717, 1.165) is 5.56 Å². The van der Waals surface area contributed by atoms with Crippen LogP contribution in [-0.4, -0.2) is 56.7 Å². The topological polar surface area (TPSA) is 271 Å². The fraction of sp³-hybridized carbons (Fsp3) is 0.333. The van der Waals surface area contributed by atoms with Gasteiger partial charge in [0.15, 0.2) is 6.29 Å². The van der Waals surface area contributed by atoms with Gasteiger partial charge in [0, 0.05) is 6.54 Å². The Labute approximate surface area is 138 Å². The van der Waals surface area contributed by atoms with Gasteiger partial charge < -0.3 is 27.2 Å². The summed E-state index contributed by atoms with van der Waals surface area (Å²) in [7, 11) is -9.33. The molecule has 1 atom stereocenters. The van der Waals surface area contributed by atoms with Crippen molar-refractivity contribution in [3.8, 4) is 0 Å². The van der Waals surface area contributed by atoms with Crippen molar-refractivity contribution in [1.29, 1.82) is 0 Å². The van der Waals surface area contributed by atoms with E-state index in [2.05, 4.69) is 0 Å². The first-order valence-corrected chi connectivity index (χ1v) is 8.17. The molecular formula is C9H20N2O11S2. The smallest absolute Gasteiger partial charge is 0.383 e. The molecule has 0 saturated heterocycles. The van der Waals surface area contributed by atoms with E-state index in [1.807, 2.05) is 0 Å². The molecule has 0 spiro atoms. The highest BCUT2D eigenvalue weighted by Crippen LogP contribution is 2.15. The standard InChI is InChI=1S/C9H13NO3.H3N.2H2O4S/c10-5-6-1-3-7(4-2-6)8(11)9(12)13;;2*1-5(2,3)4/h1-4,8-9,11-13H,5,10H2;1H3;2*(H2,1,2,3,4). The highest BCUT2D eigenvalue weighted by molar-refractivity contribution is 7.80. The summed E-state index contributed by atoms with van der Waals surface area (Å²) in [5, 5.41) is 26.6. The molecule has 15 heteroatoms. The maximum Gasteiger partial charge on any atom is 0.394 e. The third-order valence-electron chi connectivity index (χ3n) is 1.84. The van der Waals surface area contributed by atoms with Gasteiger partial charge in [-0.25, -0.2) is 0 Å². The van der Waals surface area contributed by atoms with Gasteiger partial charge in [-0.15, -0.1) is 0 Å². The highest BCUT2D eigenvalue weighted by atomic mass is 32.3. The van der Waals surface area contributed by atoms with Crippen LogP contribution in [0, 0.1) is 0 Å². The predicted molar refractivity (Wildman–Crippen MR) is 80.9 cm³/mol. The Kier molecular flexibility index (Phi) is 14.0. The number of rotatable bonds is 3. The minimum Gasteiger partial charge on any atom is -0.383 e. The van der Waals surface area contributed by atoms with Gasteiger partial charge in [0.25, 0.3) is 0 Å². The monoisotopic (exact) mass is 396 g/mol. The van der Waals surface area contributed by atoms with Crippen LogP contribution in [0.2, 0.25) is 0 Å². The summed E-state index contributed by atoms with van der Waals surface area (Å²) >= 11 is 0. The lowest BCUT2D eigenvalue weighted by Gasteiger charge is -2.12. The van der Waals surface area contributed by atoms with Crippen molar-refractivity contribution in [3.63, 3.8) is 0 Å². The SMILES string of the molecule is N.NCc1ccc(C(O)C(O)O)cc1.O=S(=O)(O)O.O=S(=O)(O)O. The van der Waals surface area contributed by atoms with Crippen molar-refractivity contribution in [2.24, 2.45) is 5.73 Å². The molecule has 24 heavy (non-hydrogen) atoms. The molecular weight excluding hydrogens is 376 g/mol. The first kappa shape index (κ1) is 27.6. The highest BCUT2D eigenvalue weighted by Gasteiger charge is 2.14. The van der Waals surface area contributed by atoms with Crippen LogP contribution in [0.4, 0.5) is 0 Å². The van der Waals surface area contributed by atoms with E-state index in [-0.39, 0.29) is 6.15 Å². The quantitative estimate of drug-likeness (QED) is 0.205. The zero-order valence-corrected chi connectivity index (χ0v) is 13.7. The fourth-order valence-electron chi connectivity index (χ4n) is 1.02. The zero-order valence-electron chi connectivity index (χ0n) is 12.0. The normalized spacial score (nSPS) is 12.0. The second-order valence-electron chi connectivity index (χ2n) is 3.70. The summed E-state index contributed by atoms with van der Waals surface area (Å²) in [4.78, 5) is 0. The van der Waals surface area contributed by atoms with Crippen molar-refractivity contribution in [3.05, 3.63) is 35.4 Å². The molecule has 13 nitrogen and oxygen atoms in total. The van der Waals surface area contributed by atoms with Crippen molar-refractivity contribution >= 4 is 20.8 Å². The second kappa shape index (κ2) is 12.2. The van der Waals surface area contributed by atoms with Crippen LogP contribution in [0.3, 0.4) is 0 Å². The van der Waals surface area contributed by atoms with Crippen LogP contribution in [0.15, 0.2) is 24.3 Å². The third-order valence-corrected chi connectivity index (χ3v) is 1.84. The molecule has 0 fully saturated rings. The Morgan fingerprint density at radius 1 is 0.833 bits per heavy atom. The van der Waals surface area contributed by atoms with E-state index in [1.54, 1.807) is 24.3 Å². The van der Waals surface area contributed by atoms with Crippen LogP contribution in [0.1, 0.15) is 17.2 Å². The molecule has 1 unspecified atom stereocenters. The Hall–Kier alpha value is -1.24. The summed E-state index contributed by atoms with van der Waals surface area (Å²) in [6, 6.07) is 6.71. The summed E-state index contributed by atoms with van der Waals surface area (Å²) in [5.74, 6) is 0. The molecule has 1 aromatic carbocycles. The lowest BCUT2D eigenvalue weighted by molar-refractivity contribution is -0.123. The van der Waals surface area contributed by atoms with Gasteiger partial charge in [-0.2, -0.15) is 16.8 Å². The maximum absolute atomic E-state index is 9.23. The van der Waals surface area contributed by atoms with Crippen LogP contribution in [0.5, 0.6) is 0 Å². The summed E-state index contributed by atoms with van der Waals surface area (Å²) in [5.41, 5.74) is 6.77. The predicted octanol–water partition coefficient (Wildman–Crippen LogP) is -1.65. The lowest BCUT2D eigenvalue weighted by Crippen LogP contribution is -2.16. The van der Waals surface area contributed by atoms with Crippen LogP contribution in [0.25, 0.3) is 0 Å². The Balaban J connectivity index is -0.000000337. The molecule has 0 aromatic heterocycles. The van der Waals surface area contributed by atoms with Crippen LogP contribution in [-0.2, 0) is 27.3 Å². The van der Waals surface area contributed by atoms with E-state index in [4.69, 9.17) is 51.0 Å². The molecule has 12 N–H and O–H groups in total. The Bertz CT molecular complexity index is 597. The van der Waals surface area contributed by atoms with E-state index in [9.17, 15) is 5.11 Å². The fourth-order valence-corrected chi connectivity index (χ4v) is 1.02. The summed E-state index contributed by atoms with van der Waals surface area (Å²) in [6.07, 6.45) is -3.00. The molecule has 0 radical (unpaired) electrons. The van der Waals surface area contributed by atoms with Crippen LogP contribution >= 0.6 is 0 Å². The second-order valence-corrected chi connectivity index (χ2v) is 5.49. The number of benzene rings is 1. The van der Waals surface area contributed by atoms with E-state index in [1.165, 1.54) is 0 Å². The van der Waals surface area contributed by atoms with Gasteiger partial charge in [-0.1, -0.05) is 24.3 Å². The van der Waals surface area contributed by atoms with Crippen molar-refractivity contribution in [2.45, 2.75) is 18.9 Å². The first-order chi connectivity index (χ1) is 10.1. The Morgan fingerprint density at radius 2 is 1.12 bits per heavy atom. The molecule has 0 aliphatic rings.